The zero-order valence-corrected chi connectivity index (χ0v) is 11.2. The zero-order valence-electron chi connectivity index (χ0n) is 11.2. The molecule has 0 amide bonds. The minimum Gasteiger partial charge on any atom is -0.361 e. The number of rotatable bonds is 6. The number of pyridine rings is 1. The first-order valence-electron chi connectivity index (χ1n) is 6.40. The van der Waals surface area contributed by atoms with Crippen molar-refractivity contribution in [2.45, 2.75) is 38.9 Å². The molecule has 0 radical (unpaired) electrons. The van der Waals surface area contributed by atoms with Gasteiger partial charge >= 0.3 is 6.18 Å². The van der Waals surface area contributed by atoms with Gasteiger partial charge in [0, 0.05) is 12.6 Å². The summed E-state index contributed by atoms with van der Waals surface area (Å²) in [6.45, 7) is 3.17. The van der Waals surface area contributed by atoms with Crippen LogP contribution in [0.5, 0.6) is 0 Å². The molecule has 0 spiro atoms. The lowest BCUT2D eigenvalue weighted by atomic mass is 10.1. The number of aromatic nitrogens is 1. The normalized spacial score (nSPS) is 13.4. The molecule has 0 unspecified atom stereocenters. The second kappa shape index (κ2) is 6.75. The van der Waals surface area contributed by atoms with Gasteiger partial charge in [-0.3, -0.25) is 4.98 Å². The summed E-state index contributed by atoms with van der Waals surface area (Å²) >= 11 is 0. The van der Waals surface area contributed by atoms with Gasteiger partial charge in [-0.05, 0) is 25.0 Å². The molecule has 6 heteroatoms. The maximum atomic E-state index is 12.5. The van der Waals surface area contributed by atoms with E-state index in [1.165, 1.54) is 11.1 Å². The standard InChI is InChI=1S/C13H20F3N3/c1-3-7-19(9-13(14,15)16)10-5-6-12(18-8-10)11(17)4-2/h5-6,8,11H,3-4,7,9,17H2,1-2H3/t11-/m1/s1. The summed E-state index contributed by atoms with van der Waals surface area (Å²) in [7, 11) is 0. The Kier molecular flexibility index (Phi) is 5.60. The molecule has 1 atom stereocenters. The molecule has 0 aliphatic heterocycles. The van der Waals surface area contributed by atoms with E-state index >= 15 is 0 Å². The van der Waals surface area contributed by atoms with E-state index < -0.39 is 12.7 Å². The molecule has 0 saturated heterocycles. The van der Waals surface area contributed by atoms with Crippen molar-refractivity contribution >= 4 is 5.69 Å². The number of halogens is 3. The summed E-state index contributed by atoms with van der Waals surface area (Å²) in [5.41, 5.74) is 7.01. The SMILES string of the molecule is CCCN(CC(F)(F)F)c1ccc([C@H](N)CC)nc1. The summed E-state index contributed by atoms with van der Waals surface area (Å²) in [5, 5.41) is 0. The van der Waals surface area contributed by atoms with Gasteiger partial charge in [-0.25, -0.2) is 0 Å². The summed E-state index contributed by atoms with van der Waals surface area (Å²) in [6, 6.07) is 3.18. The first kappa shape index (κ1) is 15.8. The molecule has 0 fully saturated rings. The monoisotopic (exact) mass is 275 g/mol. The summed E-state index contributed by atoms with van der Waals surface area (Å²) in [5.74, 6) is 0. The molecule has 0 aliphatic rings. The van der Waals surface area contributed by atoms with Gasteiger partial charge in [0.05, 0.1) is 17.6 Å². The van der Waals surface area contributed by atoms with Crippen molar-refractivity contribution < 1.29 is 13.2 Å². The zero-order chi connectivity index (χ0) is 14.5. The molecule has 3 nitrogen and oxygen atoms in total. The molecular formula is C13H20F3N3. The average Bonchev–Trinajstić information content (AvgIpc) is 2.36. The Morgan fingerprint density at radius 1 is 1.32 bits per heavy atom. The van der Waals surface area contributed by atoms with Crippen molar-refractivity contribution in [3.63, 3.8) is 0 Å². The fourth-order valence-electron chi connectivity index (χ4n) is 1.80. The van der Waals surface area contributed by atoms with Gasteiger partial charge in [0.1, 0.15) is 6.54 Å². The largest absolute Gasteiger partial charge is 0.405 e. The van der Waals surface area contributed by atoms with Gasteiger partial charge in [0.2, 0.25) is 0 Å². The predicted octanol–water partition coefficient (Wildman–Crippen LogP) is 3.27. The highest BCUT2D eigenvalue weighted by atomic mass is 19.4. The smallest absolute Gasteiger partial charge is 0.361 e. The van der Waals surface area contributed by atoms with E-state index in [0.29, 0.717) is 24.3 Å². The highest BCUT2D eigenvalue weighted by Gasteiger charge is 2.30. The van der Waals surface area contributed by atoms with Gasteiger partial charge in [-0.15, -0.1) is 0 Å². The average molecular weight is 275 g/mol. The molecule has 0 aromatic carbocycles. The van der Waals surface area contributed by atoms with Crippen LogP contribution in [0.4, 0.5) is 18.9 Å². The van der Waals surface area contributed by atoms with Crippen LogP contribution in [0.15, 0.2) is 18.3 Å². The molecule has 0 saturated carbocycles. The Morgan fingerprint density at radius 3 is 2.42 bits per heavy atom. The number of anilines is 1. The van der Waals surface area contributed by atoms with E-state index in [4.69, 9.17) is 5.73 Å². The lowest BCUT2D eigenvalue weighted by molar-refractivity contribution is -0.119. The Balaban J connectivity index is 2.85. The molecule has 2 N–H and O–H groups in total. The van der Waals surface area contributed by atoms with Crippen LogP contribution in [0.3, 0.4) is 0 Å². The van der Waals surface area contributed by atoms with Gasteiger partial charge in [-0.1, -0.05) is 13.8 Å². The van der Waals surface area contributed by atoms with Gasteiger partial charge < -0.3 is 10.6 Å². The third kappa shape index (κ3) is 5.06. The molecule has 0 bridgehead atoms. The van der Waals surface area contributed by atoms with Crippen LogP contribution in [0, 0.1) is 0 Å². The van der Waals surface area contributed by atoms with Crippen LogP contribution in [-0.4, -0.2) is 24.2 Å². The predicted molar refractivity (Wildman–Crippen MR) is 70.0 cm³/mol. The van der Waals surface area contributed by atoms with Crippen LogP contribution < -0.4 is 10.6 Å². The van der Waals surface area contributed by atoms with Crippen LogP contribution in [-0.2, 0) is 0 Å². The van der Waals surface area contributed by atoms with Gasteiger partial charge in [0.15, 0.2) is 0 Å². The molecule has 108 valence electrons. The topological polar surface area (TPSA) is 42.1 Å². The number of alkyl halides is 3. The van der Waals surface area contributed by atoms with Crippen molar-refractivity contribution in [3.8, 4) is 0 Å². The van der Waals surface area contributed by atoms with Gasteiger partial charge in [0.25, 0.3) is 0 Å². The second-order valence-electron chi connectivity index (χ2n) is 4.49. The molecule has 19 heavy (non-hydrogen) atoms. The third-order valence-electron chi connectivity index (χ3n) is 2.82. The Bertz CT molecular complexity index is 376. The molecule has 1 aromatic heterocycles. The Hall–Kier alpha value is -1.30. The van der Waals surface area contributed by atoms with E-state index in [9.17, 15) is 13.2 Å². The second-order valence-corrected chi connectivity index (χ2v) is 4.49. The molecule has 1 aromatic rings. The molecule has 0 aliphatic carbocycles. The van der Waals surface area contributed by atoms with Crippen molar-refractivity contribution in [3.05, 3.63) is 24.0 Å². The van der Waals surface area contributed by atoms with Gasteiger partial charge in [-0.2, -0.15) is 13.2 Å². The first-order chi connectivity index (χ1) is 8.87. The Labute approximate surface area is 111 Å². The first-order valence-corrected chi connectivity index (χ1v) is 6.40. The van der Waals surface area contributed by atoms with Crippen LogP contribution in [0.2, 0.25) is 0 Å². The van der Waals surface area contributed by atoms with E-state index in [0.717, 1.165) is 6.42 Å². The number of hydrogen-bond acceptors (Lipinski definition) is 3. The third-order valence-corrected chi connectivity index (χ3v) is 2.82. The maximum Gasteiger partial charge on any atom is 0.405 e. The van der Waals surface area contributed by atoms with E-state index in [1.54, 1.807) is 12.1 Å². The summed E-state index contributed by atoms with van der Waals surface area (Å²) in [4.78, 5) is 5.43. The highest BCUT2D eigenvalue weighted by molar-refractivity contribution is 5.45. The van der Waals surface area contributed by atoms with Crippen molar-refractivity contribution in [2.24, 2.45) is 5.73 Å². The van der Waals surface area contributed by atoms with Crippen molar-refractivity contribution in [2.75, 3.05) is 18.0 Å². The lowest BCUT2D eigenvalue weighted by Crippen LogP contribution is -2.35. The van der Waals surface area contributed by atoms with Crippen LogP contribution in [0.25, 0.3) is 0 Å². The fraction of sp³-hybridized carbons (Fsp3) is 0.615. The maximum absolute atomic E-state index is 12.5. The number of hydrogen-bond donors (Lipinski definition) is 1. The van der Waals surface area contributed by atoms with Crippen molar-refractivity contribution in [1.82, 2.24) is 4.98 Å². The highest BCUT2D eigenvalue weighted by Crippen LogP contribution is 2.23. The molecule has 1 rings (SSSR count). The summed E-state index contributed by atoms with van der Waals surface area (Å²) in [6.07, 6.45) is -1.36. The van der Waals surface area contributed by atoms with Crippen LogP contribution in [0.1, 0.15) is 38.4 Å². The van der Waals surface area contributed by atoms with Crippen LogP contribution >= 0.6 is 0 Å². The summed E-state index contributed by atoms with van der Waals surface area (Å²) < 4.78 is 37.5. The quantitative estimate of drug-likeness (QED) is 0.866. The van der Waals surface area contributed by atoms with E-state index in [2.05, 4.69) is 4.98 Å². The fourth-order valence-corrected chi connectivity index (χ4v) is 1.80. The van der Waals surface area contributed by atoms with E-state index in [-0.39, 0.29) is 6.04 Å². The minimum absolute atomic E-state index is 0.170. The molecule has 1 heterocycles. The van der Waals surface area contributed by atoms with E-state index in [1.807, 2.05) is 13.8 Å². The molecular weight excluding hydrogens is 255 g/mol. The number of nitrogens with two attached hydrogens (primary N) is 1. The number of nitrogens with zero attached hydrogens (tertiary/aromatic N) is 2. The van der Waals surface area contributed by atoms with Crippen molar-refractivity contribution in [1.29, 1.82) is 0 Å². The lowest BCUT2D eigenvalue weighted by Gasteiger charge is -2.25. The minimum atomic E-state index is -4.21. The Morgan fingerprint density at radius 2 is 2.00 bits per heavy atom.